The van der Waals surface area contributed by atoms with Gasteiger partial charge in [0.15, 0.2) is 0 Å². The number of benzene rings is 1. The van der Waals surface area contributed by atoms with Gasteiger partial charge in [0.05, 0.1) is 25.1 Å². The molecule has 1 atom stereocenters. The van der Waals surface area contributed by atoms with Gasteiger partial charge in [-0.05, 0) is 19.1 Å². The Labute approximate surface area is 145 Å². The molecule has 0 bridgehead atoms. The smallest absolute Gasteiger partial charge is 0.407 e. The van der Waals surface area contributed by atoms with E-state index in [9.17, 15) is 14.7 Å². The van der Waals surface area contributed by atoms with E-state index in [0.29, 0.717) is 13.1 Å². The minimum atomic E-state index is -0.967. The number of fused-ring (bicyclic) bond motifs is 1. The van der Waals surface area contributed by atoms with E-state index >= 15 is 0 Å². The maximum atomic E-state index is 11.8. The van der Waals surface area contributed by atoms with Crippen LogP contribution in [-0.4, -0.2) is 59.8 Å². The second kappa shape index (κ2) is 6.96. The summed E-state index contributed by atoms with van der Waals surface area (Å²) in [5.74, 6) is -0.350. The van der Waals surface area contributed by atoms with E-state index in [1.165, 1.54) is 12.0 Å². The molecular weight excluding hydrogens is 322 g/mol. The maximum Gasteiger partial charge on any atom is 0.407 e. The number of rotatable bonds is 3. The molecule has 1 unspecified atom stereocenters. The van der Waals surface area contributed by atoms with Crippen LogP contribution >= 0.6 is 0 Å². The molecule has 0 spiro atoms. The summed E-state index contributed by atoms with van der Waals surface area (Å²) in [5.41, 5.74) is 2.74. The summed E-state index contributed by atoms with van der Waals surface area (Å²) < 4.78 is 4.80. The van der Waals surface area contributed by atoms with Crippen LogP contribution in [0.15, 0.2) is 30.3 Å². The van der Waals surface area contributed by atoms with Gasteiger partial charge in [0, 0.05) is 36.4 Å². The Kier molecular flexibility index (Phi) is 4.74. The number of carbonyl (C=O) groups is 2. The van der Waals surface area contributed by atoms with E-state index < -0.39 is 6.09 Å². The Morgan fingerprint density at radius 3 is 2.80 bits per heavy atom. The molecule has 1 aromatic carbocycles. The van der Waals surface area contributed by atoms with Crippen molar-refractivity contribution in [1.29, 1.82) is 0 Å². The number of pyridine rings is 1. The molecule has 0 saturated carbocycles. The Morgan fingerprint density at radius 1 is 1.32 bits per heavy atom. The Balaban J connectivity index is 2.01. The minimum absolute atomic E-state index is 0.135. The lowest BCUT2D eigenvalue weighted by Crippen LogP contribution is -2.55. The highest BCUT2D eigenvalue weighted by molar-refractivity contribution is 5.92. The van der Waals surface area contributed by atoms with Crippen molar-refractivity contribution in [2.24, 2.45) is 0 Å². The van der Waals surface area contributed by atoms with Crippen molar-refractivity contribution >= 4 is 28.7 Å². The van der Waals surface area contributed by atoms with Crippen molar-refractivity contribution in [3.05, 3.63) is 36.0 Å². The first-order chi connectivity index (χ1) is 12.0. The molecule has 1 aromatic heterocycles. The highest BCUT2D eigenvalue weighted by Crippen LogP contribution is 2.30. The number of methoxy groups -OCH3 is 1. The Morgan fingerprint density at radius 2 is 2.08 bits per heavy atom. The van der Waals surface area contributed by atoms with Crippen LogP contribution in [0, 0.1) is 6.92 Å². The molecule has 2 aromatic rings. The molecule has 1 N–H and O–H groups in total. The van der Waals surface area contributed by atoms with Crippen molar-refractivity contribution in [3.63, 3.8) is 0 Å². The first-order valence-corrected chi connectivity index (χ1v) is 8.17. The molecule has 1 fully saturated rings. The zero-order chi connectivity index (χ0) is 18.0. The molecule has 132 valence electrons. The summed E-state index contributed by atoms with van der Waals surface area (Å²) in [6, 6.07) is 9.55. The van der Waals surface area contributed by atoms with Gasteiger partial charge in [-0.1, -0.05) is 18.2 Å². The number of carbonyl (C=O) groups excluding carboxylic acids is 1. The zero-order valence-corrected chi connectivity index (χ0v) is 14.3. The van der Waals surface area contributed by atoms with E-state index in [2.05, 4.69) is 9.88 Å². The third kappa shape index (κ3) is 3.50. The molecule has 0 radical (unpaired) electrons. The third-order valence-electron chi connectivity index (χ3n) is 4.52. The number of para-hydroxylation sites is 1. The van der Waals surface area contributed by atoms with Gasteiger partial charge < -0.3 is 19.6 Å². The number of esters is 1. The largest absolute Gasteiger partial charge is 0.469 e. The summed E-state index contributed by atoms with van der Waals surface area (Å²) in [6.45, 7) is 3.10. The maximum absolute atomic E-state index is 11.8. The fourth-order valence-electron chi connectivity index (χ4n) is 3.32. The summed E-state index contributed by atoms with van der Waals surface area (Å²) in [5, 5.41) is 10.3. The van der Waals surface area contributed by atoms with Gasteiger partial charge in [0.25, 0.3) is 0 Å². The fraction of sp³-hybridized carbons (Fsp3) is 0.389. The first kappa shape index (κ1) is 17.0. The quantitative estimate of drug-likeness (QED) is 0.861. The van der Waals surface area contributed by atoms with Crippen LogP contribution in [-0.2, 0) is 9.53 Å². The van der Waals surface area contributed by atoms with Crippen molar-refractivity contribution in [2.45, 2.75) is 19.4 Å². The van der Waals surface area contributed by atoms with E-state index in [1.54, 1.807) is 0 Å². The summed E-state index contributed by atoms with van der Waals surface area (Å²) in [4.78, 5) is 31.2. The molecule has 1 aliphatic heterocycles. The average Bonchev–Trinajstić information content (AvgIpc) is 2.60. The van der Waals surface area contributed by atoms with Gasteiger partial charge in [0.2, 0.25) is 0 Å². The highest BCUT2D eigenvalue weighted by atomic mass is 16.5. The molecule has 25 heavy (non-hydrogen) atoms. The zero-order valence-electron chi connectivity index (χ0n) is 14.3. The van der Waals surface area contributed by atoms with Crippen LogP contribution in [0.25, 0.3) is 10.9 Å². The second-order valence-corrected chi connectivity index (χ2v) is 6.16. The molecule has 3 rings (SSSR count). The monoisotopic (exact) mass is 343 g/mol. The molecule has 1 amide bonds. The molecule has 0 aliphatic carbocycles. The molecule has 7 nitrogen and oxygen atoms in total. The van der Waals surface area contributed by atoms with Crippen LogP contribution in [0.5, 0.6) is 0 Å². The molecule has 1 aliphatic rings. The van der Waals surface area contributed by atoms with Crippen molar-refractivity contribution < 1.29 is 19.4 Å². The summed E-state index contributed by atoms with van der Waals surface area (Å²) in [7, 11) is 1.34. The normalized spacial score (nSPS) is 17.6. The van der Waals surface area contributed by atoms with Crippen LogP contribution in [0.4, 0.5) is 10.5 Å². The van der Waals surface area contributed by atoms with Crippen molar-refractivity contribution in [3.8, 4) is 0 Å². The number of nitrogens with zero attached hydrogens (tertiary/aromatic N) is 3. The highest BCUT2D eigenvalue weighted by Gasteiger charge is 2.32. The fourth-order valence-corrected chi connectivity index (χ4v) is 3.32. The van der Waals surface area contributed by atoms with Gasteiger partial charge in [-0.2, -0.15) is 0 Å². The van der Waals surface area contributed by atoms with E-state index in [-0.39, 0.29) is 25.0 Å². The Hall–Kier alpha value is -2.83. The number of piperazine rings is 1. The predicted molar refractivity (Wildman–Crippen MR) is 93.8 cm³/mol. The summed E-state index contributed by atoms with van der Waals surface area (Å²) >= 11 is 0. The van der Waals surface area contributed by atoms with Crippen LogP contribution in [0.3, 0.4) is 0 Å². The lowest BCUT2D eigenvalue weighted by Gasteiger charge is -2.41. The number of carboxylic acid groups (broad SMARTS) is 1. The number of amides is 1. The van der Waals surface area contributed by atoms with Gasteiger partial charge in [-0.3, -0.25) is 9.78 Å². The van der Waals surface area contributed by atoms with Gasteiger partial charge in [-0.15, -0.1) is 0 Å². The van der Waals surface area contributed by atoms with Crippen LogP contribution < -0.4 is 4.90 Å². The lowest BCUT2D eigenvalue weighted by atomic mass is 10.0. The number of hydrogen-bond acceptors (Lipinski definition) is 5. The standard InChI is InChI=1S/C18H21N3O4/c1-12-9-16(14-5-3-4-6-15(14)19-12)21-8-7-20(18(23)24)11-13(21)10-17(22)25-2/h3-6,9,13H,7-8,10-11H2,1-2H3,(H,23,24). The van der Waals surface area contributed by atoms with Crippen molar-refractivity contribution in [1.82, 2.24) is 9.88 Å². The topological polar surface area (TPSA) is 83.0 Å². The van der Waals surface area contributed by atoms with Crippen LogP contribution in [0.1, 0.15) is 12.1 Å². The molecule has 2 heterocycles. The molecular formula is C18H21N3O4. The number of aromatic nitrogens is 1. The van der Waals surface area contributed by atoms with Crippen molar-refractivity contribution in [2.75, 3.05) is 31.6 Å². The molecule has 1 saturated heterocycles. The number of anilines is 1. The second-order valence-electron chi connectivity index (χ2n) is 6.16. The first-order valence-electron chi connectivity index (χ1n) is 8.17. The minimum Gasteiger partial charge on any atom is -0.469 e. The Bertz CT molecular complexity index is 808. The predicted octanol–water partition coefficient (Wildman–Crippen LogP) is 2.27. The SMILES string of the molecule is COC(=O)CC1CN(C(=O)O)CCN1c1cc(C)nc2ccccc12. The number of hydrogen-bond donors (Lipinski definition) is 1. The van der Waals surface area contributed by atoms with E-state index in [1.807, 2.05) is 37.3 Å². The van der Waals surface area contributed by atoms with E-state index in [0.717, 1.165) is 22.3 Å². The number of aryl methyl sites for hydroxylation is 1. The van der Waals surface area contributed by atoms with Gasteiger partial charge in [0.1, 0.15) is 0 Å². The lowest BCUT2D eigenvalue weighted by molar-refractivity contribution is -0.141. The van der Waals surface area contributed by atoms with Gasteiger partial charge >= 0.3 is 12.1 Å². The van der Waals surface area contributed by atoms with E-state index in [4.69, 9.17) is 4.74 Å². The molecule has 7 heteroatoms. The van der Waals surface area contributed by atoms with Gasteiger partial charge in [-0.25, -0.2) is 4.79 Å². The number of ether oxygens (including phenoxy) is 1. The third-order valence-corrected chi connectivity index (χ3v) is 4.52. The van der Waals surface area contributed by atoms with Crippen LogP contribution in [0.2, 0.25) is 0 Å². The summed E-state index contributed by atoms with van der Waals surface area (Å²) in [6.07, 6.45) is -0.832. The average molecular weight is 343 g/mol.